The van der Waals surface area contributed by atoms with Crippen molar-refractivity contribution in [2.75, 3.05) is 32.8 Å². The zero-order valence-electron chi connectivity index (χ0n) is 12.6. The van der Waals surface area contributed by atoms with Gasteiger partial charge in [0.1, 0.15) is 0 Å². The summed E-state index contributed by atoms with van der Waals surface area (Å²) in [4.78, 5) is 2.60. The number of hydrogen-bond acceptors (Lipinski definition) is 4. The largest absolute Gasteiger partial charge is 0.379 e. The van der Waals surface area contributed by atoms with Gasteiger partial charge in [-0.15, -0.1) is 0 Å². The first-order valence-corrected chi connectivity index (χ1v) is 7.96. The van der Waals surface area contributed by atoms with Gasteiger partial charge in [0.2, 0.25) is 0 Å². The van der Waals surface area contributed by atoms with Gasteiger partial charge in [0.15, 0.2) is 0 Å². The lowest BCUT2D eigenvalue weighted by atomic mass is 10.0. The van der Waals surface area contributed by atoms with E-state index < -0.39 is 0 Å². The fourth-order valence-corrected chi connectivity index (χ4v) is 3.35. The van der Waals surface area contributed by atoms with Crippen LogP contribution >= 0.6 is 0 Å². The second-order valence-corrected chi connectivity index (χ2v) is 6.61. The zero-order chi connectivity index (χ0) is 13.7. The van der Waals surface area contributed by atoms with Gasteiger partial charge in [-0.3, -0.25) is 4.90 Å². The Kier molecular flexibility index (Phi) is 6.07. The molecule has 112 valence electrons. The Hall–Kier alpha value is -0.160. The molecule has 19 heavy (non-hydrogen) atoms. The van der Waals surface area contributed by atoms with Gasteiger partial charge in [-0.1, -0.05) is 13.8 Å². The van der Waals surface area contributed by atoms with Gasteiger partial charge in [-0.25, -0.2) is 0 Å². The van der Waals surface area contributed by atoms with Gasteiger partial charge in [-0.05, 0) is 31.6 Å². The predicted octanol–water partition coefficient (Wildman–Crippen LogP) is 1.20. The Balaban J connectivity index is 1.79. The number of nitrogens with one attached hydrogen (secondary N) is 1. The summed E-state index contributed by atoms with van der Waals surface area (Å²) in [7, 11) is 0. The first kappa shape index (κ1) is 15.2. The molecule has 0 amide bonds. The van der Waals surface area contributed by atoms with Gasteiger partial charge < -0.3 is 15.8 Å². The van der Waals surface area contributed by atoms with Gasteiger partial charge in [0.05, 0.1) is 13.2 Å². The monoisotopic (exact) mass is 269 g/mol. The number of rotatable bonds is 6. The number of nitrogens with two attached hydrogens (primary N) is 1. The summed E-state index contributed by atoms with van der Waals surface area (Å²) in [6.07, 6.45) is 4.85. The topological polar surface area (TPSA) is 50.5 Å². The van der Waals surface area contributed by atoms with Crippen molar-refractivity contribution >= 4 is 0 Å². The molecule has 2 aliphatic rings. The average molecular weight is 269 g/mol. The highest BCUT2D eigenvalue weighted by atomic mass is 16.5. The van der Waals surface area contributed by atoms with Crippen molar-refractivity contribution in [2.45, 2.75) is 57.7 Å². The maximum absolute atomic E-state index is 5.99. The fraction of sp³-hybridized carbons (Fsp3) is 1.00. The summed E-state index contributed by atoms with van der Waals surface area (Å²) in [5.41, 5.74) is 5.99. The van der Waals surface area contributed by atoms with Gasteiger partial charge >= 0.3 is 0 Å². The summed E-state index contributed by atoms with van der Waals surface area (Å²) >= 11 is 0. The smallest absolute Gasteiger partial charge is 0.0594 e. The molecule has 2 fully saturated rings. The molecular formula is C15H31N3O. The third-order valence-electron chi connectivity index (χ3n) is 4.42. The summed E-state index contributed by atoms with van der Waals surface area (Å²) < 4.78 is 5.47. The Labute approximate surface area is 118 Å². The maximum atomic E-state index is 5.99. The minimum atomic E-state index is 0.421. The van der Waals surface area contributed by atoms with Crippen molar-refractivity contribution in [2.24, 2.45) is 11.7 Å². The minimum Gasteiger partial charge on any atom is -0.379 e. The lowest BCUT2D eigenvalue weighted by Crippen LogP contribution is -2.49. The van der Waals surface area contributed by atoms with E-state index in [9.17, 15) is 0 Å². The van der Waals surface area contributed by atoms with Crippen molar-refractivity contribution in [1.82, 2.24) is 10.2 Å². The summed E-state index contributed by atoms with van der Waals surface area (Å²) in [5.74, 6) is 0.750. The number of morpholine rings is 1. The normalized spacial score (nSPS) is 30.9. The lowest BCUT2D eigenvalue weighted by Gasteiger charge is -2.36. The molecule has 0 radical (unpaired) electrons. The second kappa shape index (κ2) is 7.58. The molecule has 2 rings (SSSR count). The van der Waals surface area contributed by atoms with E-state index >= 15 is 0 Å². The van der Waals surface area contributed by atoms with Crippen LogP contribution in [-0.4, -0.2) is 55.9 Å². The van der Waals surface area contributed by atoms with Crippen LogP contribution in [0.2, 0.25) is 0 Å². The molecule has 1 saturated heterocycles. The highest BCUT2D eigenvalue weighted by Crippen LogP contribution is 2.18. The molecule has 1 aliphatic carbocycles. The summed E-state index contributed by atoms with van der Waals surface area (Å²) in [6.45, 7) is 9.70. The molecule has 0 bridgehead atoms. The quantitative estimate of drug-likeness (QED) is 0.761. The van der Waals surface area contributed by atoms with Crippen molar-refractivity contribution in [3.8, 4) is 0 Å². The van der Waals surface area contributed by atoms with E-state index in [1.807, 2.05) is 0 Å². The van der Waals surface area contributed by atoms with E-state index in [2.05, 4.69) is 24.1 Å². The third-order valence-corrected chi connectivity index (χ3v) is 4.42. The number of hydrogen-bond donors (Lipinski definition) is 2. The molecule has 4 nitrogen and oxygen atoms in total. The van der Waals surface area contributed by atoms with E-state index in [4.69, 9.17) is 10.5 Å². The zero-order valence-corrected chi connectivity index (χ0v) is 12.6. The minimum absolute atomic E-state index is 0.421. The first-order chi connectivity index (χ1) is 9.15. The predicted molar refractivity (Wildman–Crippen MR) is 79.3 cm³/mol. The summed E-state index contributed by atoms with van der Waals surface area (Å²) in [5, 5.41) is 3.75. The Morgan fingerprint density at radius 2 is 2.00 bits per heavy atom. The van der Waals surface area contributed by atoms with E-state index in [0.29, 0.717) is 18.1 Å². The van der Waals surface area contributed by atoms with E-state index in [-0.39, 0.29) is 0 Å². The van der Waals surface area contributed by atoms with Gasteiger partial charge in [0.25, 0.3) is 0 Å². The Bertz CT molecular complexity index is 254. The van der Waals surface area contributed by atoms with Crippen LogP contribution in [0.3, 0.4) is 0 Å². The first-order valence-electron chi connectivity index (χ1n) is 7.96. The molecule has 0 spiro atoms. The standard InChI is InChI=1S/C15H31N3O/c1-12(2)9-15(18-5-7-19-8-6-18)11-17-14-4-3-13(16)10-14/h12-15,17H,3-11,16H2,1-2H3. The van der Waals surface area contributed by atoms with Crippen LogP contribution in [0.4, 0.5) is 0 Å². The Morgan fingerprint density at radius 1 is 1.26 bits per heavy atom. The van der Waals surface area contributed by atoms with E-state index in [1.54, 1.807) is 0 Å². The highest BCUT2D eigenvalue weighted by Gasteiger charge is 2.25. The molecule has 0 aromatic heterocycles. The van der Waals surface area contributed by atoms with Crippen LogP contribution in [0.25, 0.3) is 0 Å². The molecule has 1 aliphatic heterocycles. The van der Waals surface area contributed by atoms with Crippen LogP contribution in [-0.2, 0) is 4.74 Å². The average Bonchev–Trinajstić information content (AvgIpc) is 2.81. The van der Waals surface area contributed by atoms with Crippen LogP contribution in [0.1, 0.15) is 39.5 Å². The van der Waals surface area contributed by atoms with E-state index in [1.165, 1.54) is 19.3 Å². The van der Waals surface area contributed by atoms with Crippen molar-refractivity contribution in [1.29, 1.82) is 0 Å². The number of nitrogens with zero attached hydrogens (tertiary/aromatic N) is 1. The Morgan fingerprint density at radius 3 is 2.58 bits per heavy atom. The molecule has 1 saturated carbocycles. The highest BCUT2D eigenvalue weighted by molar-refractivity contribution is 4.85. The van der Waals surface area contributed by atoms with Crippen LogP contribution in [0, 0.1) is 5.92 Å². The SMILES string of the molecule is CC(C)CC(CNC1CCC(N)C1)N1CCOCC1. The molecule has 0 aromatic carbocycles. The molecule has 1 heterocycles. The lowest BCUT2D eigenvalue weighted by molar-refractivity contribution is 0.0118. The van der Waals surface area contributed by atoms with Crippen LogP contribution < -0.4 is 11.1 Å². The fourth-order valence-electron chi connectivity index (χ4n) is 3.35. The molecule has 0 aromatic rings. The number of ether oxygens (including phenoxy) is 1. The molecule has 4 heteroatoms. The second-order valence-electron chi connectivity index (χ2n) is 6.61. The molecule has 3 N–H and O–H groups in total. The van der Waals surface area contributed by atoms with Gasteiger partial charge in [-0.2, -0.15) is 0 Å². The van der Waals surface area contributed by atoms with Crippen LogP contribution in [0.5, 0.6) is 0 Å². The van der Waals surface area contributed by atoms with Crippen molar-refractivity contribution in [3.05, 3.63) is 0 Å². The summed E-state index contributed by atoms with van der Waals surface area (Å²) in [6, 6.07) is 1.72. The maximum Gasteiger partial charge on any atom is 0.0594 e. The van der Waals surface area contributed by atoms with Crippen LogP contribution in [0.15, 0.2) is 0 Å². The molecular weight excluding hydrogens is 238 g/mol. The van der Waals surface area contributed by atoms with Crippen molar-refractivity contribution < 1.29 is 4.74 Å². The van der Waals surface area contributed by atoms with Crippen molar-refractivity contribution in [3.63, 3.8) is 0 Å². The molecule has 3 atom stereocenters. The molecule has 3 unspecified atom stereocenters. The third kappa shape index (κ3) is 5.03. The van der Waals surface area contributed by atoms with E-state index in [0.717, 1.165) is 45.2 Å². The van der Waals surface area contributed by atoms with Gasteiger partial charge in [0, 0.05) is 37.8 Å².